The van der Waals surface area contributed by atoms with Crippen molar-refractivity contribution in [1.29, 1.82) is 0 Å². The molecule has 0 spiro atoms. The number of rotatable bonds is 7. The first kappa shape index (κ1) is 13.5. The number of hydrogen-bond donors (Lipinski definition) is 1. The van der Waals surface area contributed by atoms with Gasteiger partial charge in [-0.2, -0.15) is 0 Å². The van der Waals surface area contributed by atoms with Crippen LogP contribution in [0.1, 0.15) is 45.4 Å². The third kappa shape index (κ3) is 5.50. The number of carboxylic acids is 1. The van der Waals surface area contributed by atoms with E-state index in [2.05, 4.69) is 11.9 Å². The van der Waals surface area contributed by atoms with E-state index in [0.29, 0.717) is 0 Å². The summed E-state index contributed by atoms with van der Waals surface area (Å²) in [4.78, 5) is 12.8. The van der Waals surface area contributed by atoms with Crippen molar-refractivity contribution in [2.24, 2.45) is 11.8 Å². The molecular weight excluding hydrogens is 202 g/mol. The number of nitrogens with zero attached hydrogens (tertiary/aromatic N) is 1. The summed E-state index contributed by atoms with van der Waals surface area (Å²) in [7, 11) is 2.10. The molecule has 0 heterocycles. The normalized spacial score (nSPS) is 19.2. The highest BCUT2D eigenvalue weighted by Gasteiger charge is 2.16. The van der Waals surface area contributed by atoms with Crippen molar-refractivity contribution in [3.05, 3.63) is 0 Å². The van der Waals surface area contributed by atoms with Crippen molar-refractivity contribution in [3.8, 4) is 0 Å². The summed E-state index contributed by atoms with van der Waals surface area (Å²) in [5.41, 5.74) is 0. The Bertz CT molecular complexity index is 212. The van der Waals surface area contributed by atoms with Crippen LogP contribution < -0.4 is 0 Å². The fourth-order valence-electron chi connectivity index (χ4n) is 2.69. The van der Waals surface area contributed by atoms with E-state index in [1.807, 2.05) is 6.92 Å². The largest absolute Gasteiger partial charge is 0.481 e. The zero-order valence-corrected chi connectivity index (χ0v) is 10.6. The van der Waals surface area contributed by atoms with Crippen LogP contribution in [-0.4, -0.2) is 36.1 Å². The predicted octanol–water partition coefficient (Wildman–Crippen LogP) is 2.61. The SMILES string of the molecule is CC(CC(=O)O)CN(C)CCC1CCCC1. The number of aliphatic carboxylic acids is 1. The van der Waals surface area contributed by atoms with Crippen molar-refractivity contribution >= 4 is 5.97 Å². The van der Waals surface area contributed by atoms with E-state index < -0.39 is 5.97 Å². The van der Waals surface area contributed by atoms with Gasteiger partial charge >= 0.3 is 5.97 Å². The smallest absolute Gasteiger partial charge is 0.303 e. The maximum atomic E-state index is 10.5. The number of carboxylic acid groups (broad SMARTS) is 1. The Hall–Kier alpha value is -0.570. The summed E-state index contributed by atoms with van der Waals surface area (Å²) < 4.78 is 0. The maximum absolute atomic E-state index is 10.5. The topological polar surface area (TPSA) is 40.5 Å². The fraction of sp³-hybridized carbons (Fsp3) is 0.923. The molecule has 1 saturated carbocycles. The highest BCUT2D eigenvalue weighted by molar-refractivity contribution is 5.66. The molecule has 1 atom stereocenters. The highest BCUT2D eigenvalue weighted by Crippen LogP contribution is 2.27. The van der Waals surface area contributed by atoms with Gasteiger partial charge in [-0.3, -0.25) is 4.79 Å². The minimum absolute atomic E-state index is 0.256. The van der Waals surface area contributed by atoms with E-state index in [9.17, 15) is 4.79 Å². The number of carbonyl (C=O) groups is 1. The summed E-state index contributed by atoms with van der Waals surface area (Å²) >= 11 is 0. The zero-order valence-electron chi connectivity index (χ0n) is 10.6. The first-order valence-electron chi connectivity index (χ1n) is 6.48. The van der Waals surface area contributed by atoms with E-state index in [1.165, 1.54) is 32.1 Å². The van der Waals surface area contributed by atoms with Crippen LogP contribution in [0.25, 0.3) is 0 Å². The molecule has 0 aromatic carbocycles. The van der Waals surface area contributed by atoms with Gasteiger partial charge in [-0.15, -0.1) is 0 Å². The lowest BCUT2D eigenvalue weighted by Gasteiger charge is -2.21. The highest BCUT2D eigenvalue weighted by atomic mass is 16.4. The lowest BCUT2D eigenvalue weighted by molar-refractivity contribution is -0.138. The van der Waals surface area contributed by atoms with Crippen LogP contribution in [0.15, 0.2) is 0 Å². The van der Waals surface area contributed by atoms with Crippen LogP contribution in [0.4, 0.5) is 0 Å². The standard InChI is InChI=1S/C13H25NO2/c1-11(9-13(15)16)10-14(2)8-7-12-5-3-4-6-12/h11-12H,3-10H2,1-2H3,(H,15,16). The second kappa shape index (κ2) is 6.89. The van der Waals surface area contributed by atoms with E-state index in [-0.39, 0.29) is 12.3 Å². The van der Waals surface area contributed by atoms with Crippen LogP contribution in [0.3, 0.4) is 0 Å². The molecule has 1 aliphatic carbocycles. The summed E-state index contributed by atoms with van der Waals surface area (Å²) in [5, 5.41) is 8.68. The molecule has 0 aromatic heterocycles. The van der Waals surface area contributed by atoms with Gasteiger partial charge in [0.15, 0.2) is 0 Å². The Morgan fingerprint density at radius 2 is 2.06 bits per heavy atom. The molecule has 0 bridgehead atoms. The summed E-state index contributed by atoms with van der Waals surface area (Å²) in [6.45, 7) is 4.04. The van der Waals surface area contributed by atoms with Crippen LogP contribution in [0, 0.1) is 11.8 Å². The quantitative estimate of drug-likeness (QED) is 0.727. The monoisotopic (exact) mass is 227 g/mol. The average molecular weight is 227 g/mol. The fourth-order valence-corrected chi connectivity index (χ4v) is 2.69. The molecule has 1 N–H and O–H groups in total. The minimum Gasteiger partial charge on any atom is -0.481 e. The Morgan fingerprint density at radius 3 is 2.62 bits per heavy atom. The molecule has 0 aromatic rings. The van der Waals surface area contributed by atoms with Gasteiger partial charge in [-0.25, -0.2) is 0 Å². The van der Waals surface area contributed by atoms with Crippen molar-refractivity contribution in [1.82, 2.24) is 4.90 Å². The third-order valence-corrected chi connectivity index (χ3v) is 3.54. The van der Waals surface area contributed by atoms with Crippen molar-refractivity contribution in [3.63, 3.8) is 0 Å². The minimum atomic E-state index is -0.684. The van der Waals surface area contributed by atoms with Gasteiger partial charge in [0.05, 0.1) is 0 Å². The molecule has 16 heavy (non-hydrogen) atoms. The van der Waals surface area contributed by atoms with Crippen molar-refractivity contribution in [2.75, 3.05) is 20.1 Å². The summed E-state index contributed by atoms with van der Waals surface area (Å²) in [6, 6.07) is 0. The van der Waals surface area contributed by atoms with E-state index in [1.54, 1.807) is 0 Å². The van der Waals surface area contributed by atoms with Gasteiger partial charge in [0.2, 0.25) is 0 Å². The lowest BCUT2D eigenvalue weighted by atomic mass is 10.0. The van der Waals surface area contributed by atoms with Gasteiger partial charge in [0.25, 0.3) is 0 Å². The summed E-state index contributed by atoms with van der Waals surface area (Å²) in [6.07, 6.45) is 7.19. The molecule has 0 amide bonds. The summed E-state index contributed by atoms with van der Waals surface area (Å²) in [5.74, 6) is 0.500. The molecule has 0 saturated heterocycles. The van der Waals surface area contributed by atoms with Gasteiger partial charge in [-0.1, -0.05) is 32.6 Å². The molecule has 0 aliphatic heterocycles. The molecule has 1 unspecified atom stereocenters. The Kier molecular flexibility index (Phi) is 5.81. The molecular formula is C13H25NO2. The second-order valence-corrected chi connectivity index (χ2v) is 5.40. The molecule has 94 valence electrons. The molecule has 3 nitrogen and oxygen atoms in total. The third-order valence-electron chi connectivity index (χ3n) is 3.54. The van der Waals surface area contributed by atoms with Gasteiger partial charge in [-0.05, 0) is 31.8 Å². The van der Waals surface area contributed by atoms with E-state index in [4.69, 9.17) is 5.11 Å². The Morgan fingerprint density at radius 1 is 1.44 bits per heavy atom. The number of hydrogen-bond acceptors (Lipinski definition) is 2. The second-order valence-electron chi connectivity index (χ2n) is 5.40. The van der Waals surface area contributed by atoms with Crippen molar-refractivity contribution in [2.45, 2.75) is 45.4 Å². The molecule has 0 radical (unpaired) electrons. The predicted molar refractivity (Wildman–Crippen MR) is 65.5 cm³/mol. The van der Waals surface area contributed by atoms with Gasteiger partial charge in [0, 0.05) is 13.0 Å². The molecule has 3 heteroatoms. The molecule has 1 fully saturated rings. The van der Waals surface area contributed by atoms with E-state index >= 15 is 0 Å². The lowest BCUT2D eigenvalue weighted by Crippen LogP contribution is -2.27. The van der Waals surface area contributed by atoms with Crippen molar-refractivity contribution < 1.29 is 9.90 Å². The maximum Gasteiger partial charge on any atom is 0.303 e. The first-order valence-corrected chi connectivity index (χ1v) is 6.48. The van der Waals surface area contributed by atoms with Gasteiger partial charge in [0.1, 0.15) is 0 Å². The molecule has 1 rings (SSSR count). The average Bonchev–Trinajstić information content (AvgIpc) is 2.65. The van der Waals surface area contributed by atoms with Crippen LogP contribution in [-0.2, 0) is 4.79 Å². The Labute approximate surface area is 98.8 Å². The Balaban J connectivity index is 2.09. The van der Waals surface area contributed by atoms with Crippen LogP contribution >= 0.6 is 0 Å². The molecule has 1 aliphatic rings. The van der Waals surface area contributed by atoms with Crippen LogP contribution in [0.5, 0.6) is 0 Å². The zero-order chi connectivity index (χ0) is 12.0. The van der Waals surface area contributed by atoms with E-state index in [0.717, 1.165) is 19.0 Å². The van der Waals surface area contributed by atoms with Crippen LogP contribution in [0.2, 0.25) is 0 Å². The van der Waals surface area contributed by atoms with Gasteiger partial charge < -0.3 is 10.0 Å². The first-order chi connectivity index (χ1) is 7.58.